The van der Waals surface area contributed by atoms with Gasteiger partial charge < -0.3 is 0 Å². The molecule has 0 aromatic rings. The maximum Gasteiger partial charge on any atom is 0.0981 e. The summed E-state index contributed by atoms with van der Waals surface area (Å²) in [5.74, 6) is 5.34. The fourth-order valence-corrected chi connectivity index (χ4v) is 0.709. The lowest BCUT2D eigenvalue weighted by Crippen LogP contribution is -1.54. The Morgan fingerprint density at radius 1 is 1.00 bits per heavy atom. The lowest BCUT2D eigenvalue weighted by atomic mass is 10.9. The lowest BCUT2D eigenvalue weighted by molar-refractivity contribution is 0.777. The van der Waals surface area contributed by atoms with Crippen LogP contribution < -0.4 is 0 Å². The third-order valence-corrected chi connectivity index (χ3v) is 1.47. The zero-order valence-electron chi connectivity index (χ0n) is 5.22. The van der Waals surface area contributed by atoms with Gasteiger partial charge >= 0.3 is 0 Å². The fourth-order valence-electron chi connectivity index (χ4n) is 0.134. The van der Waals surface area contributed by atoms with Gasteiger partial charge in [0.15, 0.2) is 0 Å². The highest BCUT2D eigenvalue weighted by Gasteiger charge is 1.77. The quantitative estimate of drug-likeness (QED) is 0.346. The van der Waals surface area contributed by atoms with E-state index in [4.69, 9.17) is 3.63 Å². The molecule has 0 aliphatic rings. The van der Waals surface area contributed by atoms with Crippen LogP contribution in [0.4, 0.5) is 0 Å². The van der Waals surface area contributed by atoms with Crippen LogP contribution in [0.3, 0.4) is 0 Å². The molecule has 0 aliphatic heterocycles. The summed E-state index contributed by atoms with van der Waals surface area (Å²) in [6.07, 6.45) is 0. The van der Waals surface area contributed by atoms with Crippen LogP contribution in [0, 0.1) is 22.3 Å². The van der Waals surface area contributed by atoms with E-state index in [-0.39, 0.29) is 0 Å². The van der Waals surface area contributed by atoms with E-state index in [9.17, 15) is 0 Å². The third-order valence-electron chi connectivity index (χ3n) is 0.355. The fraction of sp³-hybridized carbons (Fsp3) is 0.333. The Morgan fingerprint density at radius 3 is 1.78 bits per heavy atom. The summed E-state index contributed by atoms with van der Waals surface area (Å²) in [6, 6.07) is 0. The minimum absolute atomic E-state index is 1.09. The highest BCUT2D eigenvalue weighted by Crippen LogP contribution is 2.10. The average Bonchev–Trinajstić information content (AvgIpc) is 1.89. The third kappa shape index (κ3) is 7.78. The van der Waals surface area contributed by atoms with Crippen molar-refractivity contribution in [3.63, 3.8) is 0 Å². The molecule has 48 valence electrons. The molecule has 0 unspecified atom stereocenters. The maximum atomic E-state index is 4.80. The monoisotopic (exact) mass is 158 g/mol. The smallest absolute Gasteiger partial charge is 0.0981 e. The largest absolute Gasteiger partial charge is 0.220 e. The van der Waals surface area contributed by atoms with Gasteiger partial charge in [0.2, 0.25) is 0 Å². The Balaban J connectivity index is 3.04. The van der Waals surface area contributed by atoms with Gasteiger partial charge in [0.1, 0.15) is 0 Å². The molecule has 0 aromatic carbocycles. The van der Waals surface area contributed by atoms with E-state index in [1.807, 2.05) is 0 Å². The Hall–Kier alpha value is -0.220. The number of hydrogen-bond acceptors (Lipinski definition) is 3. The number of hydrogen-bond donors (Lipinski definition) is 0. The average molecular weight is 158 g/mol. The Bertz CT molecular complexity index is 147. The highest BCUT2D eigenvalue weighted by molar-refractivity contribution is 8.12. The first kappa shape index (κ1) is 8.78. The first-order chi connectivity index (χ1) is 4.41. The molecule has 0 aromatic heterocycles. The van der Waals surface area contributed by atoms with Crippen LogP contribution in [0.5, 0.6) is 0 Å². The van der Waals surface area contributed by atoms with Gasteiger partial charge in [-0.1, -0.05) is 11.8 Å². The van der Waals surface area contributed by atoms with Crippen molar-refractivity contribution >= 4 is 24.1 Å². The van der Waals surface area contributed by atoms with E-state index >= 15 is 0 Å². The molecule has 0 spiro atoms. The van der Waals surface area contributed by atoms with Gasteiger partial charge in [0.25, 0.3) is 0 Å². The standard InChI is InChI=1S/C6H6OS2/c1-3-5-8-7-9-6-4-2/h1-2H3. The van der Waals surface area contributed by atoms with E-state index < -0.39 is 0 Å². The Kier molecular flexibility index (Phi) is 7.59. The Labute approximate surface area is 64.3 Å². The molecule has 0 N–H and O–H groups in total. The van der Waals surface area contributed by atoms with E-state index in [0.717, 1.165) is 24.1 Å². The molecule has 0 rings (SSSR count). The zero-order chi connectivity index (χ0) is 6.95. The predicted molar refractivity (Wildman–Crippen MR) is 43.2 cm³/mol. The molecular weight excluding hydrogens is 152 g/mol. The van der Waals surface area contributed by atoms with Crippen LogP contribution in [0.25, 0.3) is 0 Å². The van der Waals surface area contributed by atoms with Crippen molar-refractivity contribution in [3.8, 4) is 22.3 Å². The van der Waals surface area contributed by atoms with Crippen molar-refractivity contribution in [2.75, 3.05) is 0 Å². The molecule has 0 amide bonds. The number of rotatable bonds is 2. The summed E-state index contributed by atoms with van der Waals surface area (Å²) in [5.41, 5.74) is 0. The summed E-state index contributed by atoms with van der Waals surface area (Å²) in [7, 11) is 0. The van der Waals surface area contributed by atoms with E-state index in [1.54, 1.807) is 13.8 Å². The molecule has 0 heterocycles. The van der Waals surface area contributed by atoms with Crippen molar-refractivity contribution in [2.45, 2.75) is 13.8 Å². The summed E-state index contributed by atoms with van der Waals surface area (Å²) in [5, 5.41) is 5.33. The summed E-state index contributed by atoms with van der Waals surface area (Å²) < 4.78 is 4.80. The normalized spacial score (nSPS) is 6.44. The van der Waals surface area contributed by atoms with Gasteiger partial charge in [0, 0.05) is 0 Å². The van der Waals surface area contributed by atoms with Crippen LogP contribution in [0.2, 0.25) is 0 Å². The molecule has 0 saturated heterocycles. The molecule has 3 heteroatoms. The molecule has 0 saturated carbocycles. The first-order valence-corrected chi connectivity index (χ1v) is 3.72. The van der Waals surface area contributed by atoms with Crippen LogP contribution >= 0.6 is 24.1 Å². The van der Waals surface area contributed by atoms with Gasteiger partial charge in [0.05, 0.1) is 24.1 Å². The van der Waals surface area contributed by atoms with Crippen LogP contribution in [0.15, 0.2) is 0 Å². The Morgan fingerprint density at radius 2 is 1.44 bits per heavy atom. The van der Waals surface area contributed by atoms with E-state index in [1.165, 1.54) is 0 Å². The molecule has 0 aliphatic carbocycles. The van der Waals surface area contributed by atoms with Crippen molar-refractivity contribution in [3.05, 3.63) is 0 Å². The molecular formula is C6H6OS2. The SMILES string of the molecule is CC#CSOSC#CC. The minimum atomic E-state index is 1.09. The maximum absolute atomic E-state index is 4.80. The molecule has 1 nitrogen and oxygen atoms in total. The topological polar surface area (TPSA) is 9.23 Å². The molecule has 0 fully saturated rings. The summed E-state index contributed by atoms with van der Waals surface area (Å²) in [4.78, 5) is 0. The van der Waals surface area contributed by atoms with Gasteiger partial charge in [-0.15, -0.1) is 0 Å². The first-order valence-electron chi connectivity index (χ1n) is 2.24. The highest BCUT2D eigenvalue weighted by atomic mass is 32.2. The van der Waals surface area contributed by atoms with E-state index in [0.29, 0.717) is 0 Å². The predicted octanol–water partition coefficient (Wildman–Crippen LogP) is 2.26. The van der Waals surface area contributed by atoms with Gasteiger partial charge in [-0.3, -0.25) is 0 Å². The molecule has 0 radical (unpaired) electrons. The van der Waals surface area contributed by atoms with Gasteiger partial charge in [-0.25, -0.2) is 3.63 Å². The second-order valence-corrected chi connectivity index (χ2v) is 2.22. The van der Waals surface area contributed by atoms with E-state index in [2.05, 4.69) is 22.3 Å². The zero-order valence-corrected chi connectivity index (χ0v) is 6.86. The lowest BCUT2D eigenvalue weighted by Gasteiger charge is -1.81. The van der Waals surface area contributed by atoms with Crippen LogP contribution in [-0.2, 0) is 3.63 Å². The van der Waals surface area contributed by atoms with Crippen molar-refractivity contribution in [1.82, 2.24) is 0 Å². The van der Waals surface area contributed by atoms with Crippen LogP contribution in [-0.4, -0.2) is 0 Å². The van der Waals surface area contributed by atoms with Crippen molar-refractivity contribution in [2.24, 2.45) is 0 Å². The van der Waals surface area contributed by atoms with Crippen molar-refractivity contribution in [1.29, 1.82) is 0 Å². The molecule has 0 atom stereocenters. The van der Waals surface area contributed by atoms with Crippen molar-refractivity contribution < 1.29 is 3.63 Å². The molecule has 0 bridgehead atoms. The summed E-state index contributed by atoms with van der Waals surface area (Å²) in [6.45, 7) is 3.51. The summed E-state index contributed by atoms with van der Waals surface area (Å²) >= 11 is 2.19. The van der Waals surface area contributed by atoms with Gasteiger partial charge in [-0.2, -0.15) is 0 Å². The van der Waals surface area contributed by atoms with Crippen LogP contribution in [0.1, 0.15) is 13.8 Å². The van der Waals surface area contributed by atoms with Gasteiger partial charge in [-0.05, 0) is 24.4 Å². The second kappa shape index (κ2) is 7.78. The minimum Gasteiger partial charge on any atom is -0.220 e. The second-order valence-electron chi connectivity index (χ2n) is 0.939. The molecule has 9 heavy (non-hydrogen) atoms.